The summed E-state index contributed by atoms with van der Waals surface area (Å²) < 4.78 is 27.7. The van der Waals surface area contributed by atoms with Crippen LogP contribution in [0, 0.1) is 0 Å². The Morgan fingerprint density at radius 3 is 2.41 bits per heavy atom. The quantitative estimate of drug-likeness (QED) is 0.614. The van der Waals surface area contributed by atoms with Gasteiger partial charge in [-0.25, -0.2) is 17.7 Å². The summed E-state index contributed by atoms with van der Waals surface area (Å²) >= 11 is 0. The van der Waals surface area contributed by atoms with Crippen LogP contribution in [-0.2, 0) is 28.3 Å². The average molecular weight is 391 g/mol. The van der Waals surface area contributed by atoms with Crippen LogP contribution in [0.25, 0.3) is 11.0 Å². The molecule has 0 aliphatic carbocycles. The van der Waals surface area contributed by atoms with Crippen LogP contribution in [0.15, 0.2) is 48.4 Å². The lowest BCUT2D eigenvalue weighted by molar-refractivity contribution is -0.130. The van der Waals surface area contributed by atoms with Crippen LogP contribution in [0.1, 0.15) is 12.2 Å². The maximum Gasteiger partial charge on any atom is 0.242 e. The fraction of sp³-hybridized carbons (Fsp3) is 0.368. The molecular weight excluding hydrogens is 364 g/mol. The second-order valence-electron chi connectivity index (χ2n) is 6.40. The summed E-state index contributed by atoms with van der Waals surface area (Å²) in [4.78, 5) is 18.8. The first-order valence-corrected chi connectivity index (χ1v) is 10.0. The summed E-state index contributed by atoms with van der Waals surface area (Å²) in [7, 11) is 1.33. The molecule has 0 radical (unpaired) electrons. The SMILES string of the molecule is C=CCN(CC=C)C(=O)CCc1nc2cc(S(=O)(=O)N(C)C)ccc2n1C. The summed E-state index contributed by atoms with van der Waals surface area (Å²) in [6.07, 6.45) is 4.14. The zero-order chi connectivity index (χ0) is 20.2. The highest BCUT2D eigenvalue weighted by molar-refractivity contribution is 7.89. The second-order valence-corrected chi connectivity index (χ2v) is 8.55. The molecule has 0 aliphatic rings. The molecule has 0 fully saturated rings. The molecule has 0 saturated heterocycles. The number of benzene rings is 1. The Kier molecular flexibility index (Phi) is 6.56. The van der Waals surface area contributed by atoms with E-state index in [9.17, 15) is 13.2 Å². The van der Waals surface area contributed by atoms with E-state index >= 15 is 0 Å². The van der Waals surface area contributed by atoms with Crippen molar-refractivity contribution in [2.24, 2.45) is 7.05 Å². The van der Waals surface area contributed by atoms with Crippen molar-refractivity contribution in [2.75, 3.05) is 27.2 Å². The van der Waals surface area contributed by atoms with Gasteiger partial charge in [0.15, 0.2) is 0 Å². The van der Waals surface area contributed by atoms with E-state index in [1.807, 2.05) is 11.6 Å². The number of carbonyl (C=O) groups excluding carboxylic acids is 1. The Morgan fingerprint density at radius 2 is 1.85 bits per heavy atom. The van der Waals surface area contributed by atoms with Crippen molar-refractivity contribution in [3.63, 3.8) is 0 Å². The number of amides is 1. The van der Waals surface area contributed by atoms with Crippen molar-refractivity contribution in [3.05, 3.63) is 49.3 Å². The number of imidazole rings is 1. The first kappa shape index (κ1) is 20.9. The molecule has 0 saturated carbocycles. The minimum Gasteiger partial charge on any atom is -0.335 e. The maximum absolute atomic E-state index is 12.4. The van der Waals surface area contributed by atoms with Gasteiger partial charge in [0.05, 0.1) is 15.9 Å². The summed E-state index contributed by atoms with van der Waals surface area (Å²) in [5.74, 6) is 0.729. The van der Waals surface area contributed by atoms with E-state index in [1.165, 1.54) is 18.4 Å². The monoisotopic (exact) mass is 390 g/mol. The number of nitrogens with zero attached hydrogens (tertiary/aromatic N) is 4. The molecule has 2 aromatic rings. The van der Waals surface area contributed by atoms with Gasteiger partial charge in [-0.3, -0.25) is 4.79 Å². The normalized spacial score (nSPS) is 11.7. The van der Waals surface area contributed by atoms with Crippen LogP contribution in [0.2, 0.25) is 0 Å². The molecule has 1 amide bonds. The first-order valence-electron chi connectivity index (χ1n) is 8.59. The molecule has 27 heavy (non-hydrogen) atoms. The predicted octanol–water partition coefficient (Wildman–Crippen LogP) is 1.96. The van der Waals surface area contributed by atoms with Gasteiger partial charge in [-0.15, -0.1) is 13.2 Å². The molecular formula is C19H26N4O3S. The summed E-state index contributed by atoms with van der Waals surface area (Å²) in [6, 6.07) is 4.88. The van der Waals surface area contributed by atoms with Gasteiger partial charge in [0.2, 0.25) is 15.9 Å². The van der Waals surface area contributed by atoms with E-state index in [1.54, 1.807) is 35.3 Å². The molecule has 0 N–H and O–H groups in total. The maximum atomic E-state index is 12.4. The van der Waals surface area contributed by atoms with Gasteiger partial charge in [0.25, 0.3) is 0 Å². The average Bonchev–Trinajstić information content (AvgIpc) is 2.94. The lowest BCUT2D eigenvalue weighted by Gasteiger charge is -2.19. The Morgan fingerprint density at radius 1 is 1.22 bits per heavy atom. The molecule has 0 unspecified atom stereocenters. The molecule has 1 aromatic heterocycles. The smallest absolute Gasteiger partial charge is 0.242 e. The number of fused-ring (bicyclic) bond motifs is 1. The van der Waals surface area contributed by atoms with Crippen molar-refractivity contribution in [2.45, 2.75) is 17.7 Å². The van der Waals surface area contributed by atoms with Crippen LogP contribution in [0.4, 0.5) is 0 Å². The van der Waals surface area contributed by atoms with Gasteiger partial charge < -0.3 is 9.47 Å². The summed E-state index contributed by atoms with van der Waals surface area (Å²) in [5.41, 5.74) is 1.42. The standard InChI is InChI=1S/C19H26N4O3S/c1-6-12-23(13-7-2)19(24)11-10-18-20-16-14-15(27(25,26)21(3)4)8-9-17(16)22(18)5/h6-9,14H,1-2,10-13H2,3-5H3. The molecule has 2 rings (SSSR count). The fourth-order valence-electron chi connectivity index (χ4n) is 2.79. The van der Waals surface area contributed by atoms with Gasteiger partial charge in [-0.1, -0.05) is 12.2 Å². The van der Waals surface area contributed by atoms with Gasteiger partial charge in [0, 0.05) is 47.1 Å². The minimum atomic E-state index is -3.52. The lowest BCUT2D eigenvalue weighted by Crippen LogP contribution is -2.31. The Bertz CT molecular complexity index is 951. The number of hydrogen-bond donors (Lipinski definition) is 0. The van der Waals surface area contributed by atoms with Crippen molar-refractivity contribution >= 4 is 27.0 Å². The van der Waals surface area contributed by atoms with E-state index in [0.29, 0.717) is 31.4 Å². The number of carbonyl (C=O) groups is 1. The van der Waals surface area contributed by atoms with Crippen molar-refractivity contribution in [1.82, 2.24) is 18.8 Å². The number of aromatic nitrogens is 2. The third kappa shape index (κ3) is 4.45. The molecule has 7 nitrogen and oxygen atoms in total. The van der Waals surface area contributed by atoms with Crippen molar-refractivity contribution in [3.8, 4) is 0 Å². The van der Waals surface area contributed by atoms with Crippen LogP contribution in [0.5, 0.6) is 0 Å². The Balaban J connectivity index is 2.25. The number of rotatable bonds is 9. The van der Waals surface area contributed by atoms with E-state index in [2.05, 4.69) is 18.1 Å². The van der Waals surface area contributed by atoms with Gasteiger partial charge in [-0.2, -0.15) is 0 Å². The lowest BCUT2D eigenvalue weighted by atomic mass is 10.2. The van der Waals surface area contributed by atoms with Crippen LogP contribution in [0.3, 0.4) is 0 Å². The molecule has 1 heterocycles. The second kappa shape index (κ2) is 8.49. The summed E-state index contributed by atoms with van der Waals surface area (Å²) in [6.45, 7) is 8.28. The van der Waals surface area contributed by atoms with Crippen LogP contribution < -0.4 is 0 Å². The topological polar surface area (TPSA) is 75.5 Å². The molecule has 0 bridgehead atoms. The van der Waals surface area contributed by atoms with E-state index in [4.69, 9.17) is 0 Å². The number of sulfonamides is 1. The minimum absolute atomic E-state index is 0.00210. The van der Waals surface area contributed by atoms with Crippen LogP contribution in [-0.4, -0.2) is 60.3 Å². The first-order chi connectivity index (χ1) is 12.7. The molecule has 0 aliphatic heterocycles. The highest BCUT2D eigenvalue weighted by Gasteiger charge is 2.19. The van der Waals surface area contributed by atoms with Crippen molar-refractivity contribution < 1.29 is 13.2 Å². The molecule has 8 heteroatoms. The zero-order valence-electron chi connectivity index (χ0n) is 16.1. The van der Waals surface area contributed by atoms with Gasteiger partial charge in [-0.05, 0) is 18.2 Å². The van der Waals surface area contributed by atoms with Gasteiger partial charge in [0.1, 0.15) is 5.82 Å². The summed E-state index contributed by atoms with van der Waals surface area (Å²) in [5, 5.41) is 0. The highest BCUT2D eigenvalue weighted by Crippen LogP contribution is 2.22. The highest BCUT2D eigenvalue weighted by atomic mass is 32.2. The zero-order valence-corrected chi connectivity index (χ0v) is 16.9. The Labute approximate surface area is 160 Å². The third-order valence-electron chi connectivity index (χ3n) is 4.34. The van der Waals surface area contributed by atoms with Crippen LogP contribution >= 0.6 is 0 Å². The fourth-order valence-corrected chi connectivity index (χ4v) is 3.71. The molecule has 146 valence electrons. The predicted molar refractivity (Wildman–Crippen MR) is 107 cm³/mol. The molecule has 0 atom stereocenters. The van der Waals surface area contributed by atoms with Crippen molar-refractivity contribution in [1.29, 1.82) is 0 Å². The van der Waals surface area contributed by atoms with Gasteiger partial charge >= 0.3 is 0 Å². The van der Waals surface area contributed by atoms with E-state index in [-0.39, 0.29) is 10.8 Å². The molecule has 0 spiro atoms. The largest absolute Gasteiger partial charge is 0.335 e. The third-order valence-corrected chi connectivity index (χ3v) is 6.15. The number of aryl methyl sites for hydroxylation is 2. The number of hydrogen-bond acceptors (Lipinski definition) is 4. The Hall–Kier alpha value is -2.45. The van der Waals surface area contributed by atoms with E-state index in [0.717, 1.165) is 11.3 Å². The molecule has 1 aromatic carbocycles. The van der Waals surface area contributed by atoms with E-state index < -0.39 is 10.0 Å².